The summed E-state index contributed by atoms with van der Waals surface area (Å²) in [5.74, 6) is -0.425. The van der Waals surface area contributed by atoms with Crippen molar-refractivity contribution < 1.29 is 9.18 Å². The number of benzene rings is 1. The van der Waals surface area contributed by atoms with Gasteiger partial charge in [0, 0.05) is 22.3 Å². The van der Waals surface area contributed by atoms with Gasteiger partial charge in [0.05, 0.1) is 6.54 Å². The molecule has 3 nitrogen and oxygen atoms in total. The van der Waals surface area contributed by atoms with Crippen molar-refractivity contribution in [2.45, 2.75) is 13.5 Å². The molecular weight excluding hydrogens is 287 g/mol. The third-order valence-electron chi connectivity index (χ3n) is 3.44. The van der Waals surface area contributed by atoms with Gasteiger partial charge in [-0.15, -0.1) is 11.3 Å². The number of amides is 1. The van der Waals surface area contributed by atoms with Crippen LogP contribution in [0.2, 0.25) is 0 Å². The van der Waals surface area contributed by atoms with Gasteiger partial charge in [-0.1, -0.05) is 12.1 Å². The summed E-state index contributed by atoms with van der Waals surface area (Å²) in [5, 5.41) is 2.44. The van der Waals surface area contributed by atoms with Crippen molar-refractivity contribution in [3.8, 4) is 0 Å². The van der Waals surface area contributed by atoms with Crippen molar-refractivity contribution in [3.63, 3.8) is 0 Å². The van der Waals surface area contributed by atoms with Crippen LogP contribution in [-0.2, 0) is 6.54 Å². The Kier molecular flexibility index (Phi) is 3.75. The topological polar surface area (TPSA) is 36.1 Å². The lowest BCUT2D eigenvalue weighted by atomic mass is 10.2. The molecule has 2 aromatic heterocycles. The van der Waals surface area contributed by atoms with Gasteiger partial charge in [-0.3, -0.25) is 4.79 Å². The normalized spacial score (nSPS) is 11.0. The smallest absolute Gasteiger partial charge is 0.270 e. The summed E-state index contributed by atoms with van der Waals surface area (Å²) in [6, 6.07) is 10.4. The van der Waals surface area contributed by atoms with Gasteiger partial charge in [-0.2, -0.15) is 0 Å². The first kappa shape index (κ1) is 13.8. The number of nitrogens with zero attached hydrogens (tertiary/aromatic N) is 1. The Hall–Kier alpha value is -2.14. The highest BCUT2D eigenvalue weighted by Gasteiger charge is 2.18. The van der Waals surface area contributed by atoms with E-state index in [1.165, 1.54) is 6.07 Å². The highest BCUT2D eigenvalue weighted by molar-refractivity contribution is 7.09. The monoisotopic (exact) mass is 302 g/mol. The van der Waals surface area contributed by atoms with Gasteiger partial charge in [0.1, 0.15) is 11.5 Å². The molecule has 21 heavy (non-hydrogen) atoms. The highest BCUT2D eigenvalue weighted by atomic mass is 32.1. The molecule has 0 fully saturated rings. The van der Waals surface area contributed by atoms with Crippen LogP contribution in [-0.4, -0.2) is 22.3 Å². The van der Waals surface area contributed by atoms with Gasteiger partial charge in [0.25, 0.3) is 5.91 Å². The maximum Gasteiger partial charge on any atom is 0.270 e. The van der Waals surface area contributed by atoms with Crippen molar-refractivity contribution in [1.82, 2.24) is 9.88 Å². The van der Waals surface area contributed by atoms with E-state index >= 15 is 0 Å². The molecule has 3 rings (SSSR count). The molecule has 0 unspecified atom stereocenters. The molecule has 0 saturated carbocycles. The van der Waals surface area contributed by atoms with E-state index in [0.29, 0.717) is 29.7 Å². The summed E-state index contributed by atoms with van der Waals surface area (Å²) >= 11 is 1.62. The fourth-order valence-corrected chi connectivity index (χ4v) is 3.04. The van der Waals surface area contributed by atoms with E-state index in [-0.39, 0.29) is 11.7 Å². The standard InChI is InChI=1S/C16H15FN2OS/c1-2-19(10-11-5-4-8-21-11)16(20)15-9-12-13(17)6-3-7-14(12)18-15/h3-9,18H,2,10H2,1H3. The molecule has 108 valence electrons. The SMILES string of the molecule is CCN(Cc1cccs1)C(=O)c1cc2c(F)cccc2[nH]1. The first-order chi connectivity index (χ1) is 10.2. The number of nitrogens with one attached hydrogen (secondary N) is 1. The predicted octanol–water partition coefficient (Wildman–Crippen LogP) is 4.03. The van der Waals surface area contributed by atoms with Crippen molar-refractivity contribution in [3.05, 3.63) is 58.2 Å². The second kappa shape index (κ2) is 5.69. The number of fused-ring (bicyclic) bond motifs is 1. The number of aromatic nitrogens is 1. The number of rotatable bonds is 4. The molecule has 1 aromatic carbocycles. The molecule has 5 heteroatoms. The summed E-state index contributed by atoms with van der Waals surface area (Å²) in [6.07, 6.45) is 0. The zero-order valence-electron chi connectivity index (χ0n) is 11.6. The van der Waals surface area contributed by atoms with Crippen LogP contribution in [0.4, 0.5) is 4.39 Å². The minimum absolute atomic E-state index is 0.110. The van der Waals surface area contributed by atoms with E-state index in [9.17, 15) is 9.18 Å². The minimum Gasteiger partial charge on any atom is -0.350 e. The number of aromatic amines is 1. The van der Waals surface area contributed by atoms with Gasteiger partial charge in [-0.25, -0.2) is 4.39 Å². The van der Waals surface area contributed by atoms with E-state index in [2.05, 4.69) is 4.98 Å². The zero-order valence-corrected chi connectivity index (χ0v) is 12.4. The summed E-state index contributed by atoms with van der Waals surface area (Å²) in [5.41, 5.74) is 1.07. The van der Waals surface area contributed by atoms with E-state index in [4.69, 9.17) is 0 Å². The Morgan fingerprint density at radius 3 is 2.86 bits per heavy atom. The molecule has 0 spiro atoms. The van der Waals surface area contributed by atoms with Crippen LogP contribution in [0, 0.1) is 5.82 Å². The third-order valence-corrected chi connectivity index (χ3v) is 4.30. The average molecular weight is 302 g/mol. The van der Waals surface area contributed by atoms with Crippen LogP contribution in [0.5, 0.6) is 0 Å². The molecule has 0 aliphatic rings. The van der Waals surface area contributed by atoms with Crippen LogP contribution in [0.15, 0.2) is 41.8 Å². The number of thiophene rings is 1. The Bertz CT molecular complexity index is 764. The Labute approximate surface area is 126 Å². The van der Waals surface area contributed by atoms with Crippen LogP contribution in [0.3, 0.4) is 0 Å². The molecule has 3 aromatic rings. The molecule has 0 atom stereocenters. The first-order valence-electron chi connectivity index (χ1n) is 6.78. The highest BCUT2D eigenvalue weighted by Crippen LogP contribution is 2.20. The summed E-state index contributed by atoms with van der Waals surface area (Å²) in [6.45, 7) is 3.12. The number of hydrogen-bond donors (Lipinski definition) is 1. The van der Waals surface area contributed by atoms with Gasteiger partial charge >= 0.3 is 0 Å². The van der Waals surface area contributed by atoms with Crippen LogP contribution >= 0.6 is 11.3 Å². The molecule has 0 aliphatic heterocycles. The lowest BCUT2D eigenvalue weighted by Crippen LogP contribution is -2.30. The summed E-state index contributed by atoms with van der Waals surface area (Å²) in [4.78, 5) is 18.4. The third kappa shape index (κ3) is 2.69. The van der Waals surface area contributed by atoms with Gasteiger partial charge in [0.15, 0.2) is 0 Å². The quantitative estimate of drug-likeness (QED) is 0.776. The number of carbonyl (C=O) groups is 1. The van der Waals surface area contributed by atoms with Gasteiger partial charge in [-0.05, 0) is 36.6 Å². The summed E-state index contributed by atoms with van der Waals surface area (Å²) < 4.78 is 13.7. The zero-order chi connectivity index (χ0) is 14.8. The fraction of sp³-hybridized carbons (Fsp3) is 0.188. The van der Waals surface area contributed by atoms with Crippen molar-refractivity contribution in [2.24, 2.45) is 0 Å². The van der Waals surface area contributed by atoms with Crippen LogP contribution < -0.4 is 0 Å². The second-order valence-electron chi connectivity index (χ2n) is 4.78. The number of halogens is 1. The van der Waals surface area contributed by atoms with E-state index in [0.717, 1.165) is 4.88 Å². The largest absolute Gasteiger partial charge is 0.350 e. The fourth-order valence-electron chi connectivity index (χ4n) is 2.32. The average Bonchev–Trinajstić information content (AvgIpc) is 3.13. The Morgan fingerprint density at radius 2 is 2.19 bits per heavy atom. The molecule has 0 radical (unpaired) electrons. The number of hydrogen-bond acceptors (Lipinski definition) is 2. The van der Waals surface area contributed by atoms with Gasteiger partial charge < -0.3 is 9.88 Å². The predicted molar refractivity (Wildman–Crippen MR) is 83.0 cm³/mol. The molecule has 1 amide bonds. The maximum atomic E-state index is 13.7. The van der Waals surface area contributed by atoms with Crippen molar-refractivity contribution in [2.75, 3.05) is 6.54 Å². The maximum absolute atomic E-state index is 13.7. The molecule has 1 N–H and O–H groups in total. The second-order valence-corrected chi connectivity index (χ2v) is 5.82. The Morgan fingerprint density at radius 1 is 1.33 bits per heavy atom. The lowest BCUT2D eigenvalue weighted by molar-refractivity contribution is 0.0749. The van der Waals surface area contributed by atoms with Crippen LogP contribution in [0.1, 0.15) is 22.3 Å². The molecular formula is C16H15FN2OS. The van der Waals surface area contributed by atoms with Crippen molar-refractivity contribution >= 4 is 28.1 Å². The molecule has 0 saturated heterocycles. The molecule has 0 aliphatic carbocycles. The van der Waals surface area contributed by atoms with E-state index in [1.807, 2.05) is 24.4 Å². The Balaban J connectivity index is 1.89. The summed E-state index contributed by atoms with van der Waals surface area (Å²) in [7, 11) is 0. The van der Waals surface area contributed by atoms with E-state index in [1.54, 1.807) is 34.4 Å². The van der Waals surface area contributed by atoms with Crippen LogP contribution in [0.25, 0.3) is 10.9 Å². The number of carbonyl (C=O) groups excluding carboxylic acids is 1. The minimum atomic E-state index is -0.316. The first-order valence-corrected chi connectivity index (χ1v) is 7.66. The van der Waals surface area contributed by atoms with E-state index < -0.39 is 0 Å². The van der Waals surface area contributed by atoms with Crippen molar-refractivity contribution in [1.29, 1.82) is 0 Å². The number of H-pyrrole nitrogens is 1. The molecule has 2 heterocycles. The van der Waals surface area contributed by atoms with Gasteiger partial charge in [0.2, 0.25) is 0 Å². The molecule has 0 bridgehead atoms. The lowest BCUT2D eigenvalue weighted by Gasteiger charge is -2.19.